The Kier molecular flexibility index (Phi) is 3.15. The van der Waals surface area contributed by atoms with E-state index in [-0.39, 0.29) is 0 Å². The molecule has 0 saturated carbocycles. The molecule has 0 aromatic heterocycles. The van der Waals surface area contributed by atoms with E-state index in [1.807, 2.05) is 0 Å². The van der Waals surface area contributed by atoms with Crippen molar-refractivity contribution in [3.05, 3.63) is 36.5 Å². The molecule has 1 atom stereocenters. The molecule has 0 radical (unpaired) electrons. The molecule has 0 N–H and O–H groups in total. The van der Waals surface area contributed by atoms with Crippen LogP contribution in [0.15, 0.2) is 36.5 Å². The van der Waals surface area contributed by atoms with Crippen LogP contribution < -0.4 is 0 Å². The van der Waals surface area contributed by atoms with Gasteiger partial charge in [-0.2, -0.15) is 0 Å². The average Bonchev–Trinajstić information content (AvgIpc) is 2.07. The summed E-state index contributed by atoms with van der Waals surface area (Å²) in [6.07, 6.45) is 12.3. The fourth-order valence-corrected chi connectivity index (χ4v) is 1.25. The molecule has 0 heteroatoms. The highest BCUT2D eigenvalue weighted by Gasteiger charge is 2.03. The zero-order chi connectivity index (χ0) is 8.10. The highest BCUT2D eigenvalue weighted by Crippen LogP contribution is 2.18. The van der Waals surface area contributed by atoms with Crippen LogP contribution in [0.4, 0.5) is 0 Å². The van der Waals surface area contributed by atoms with Crippen molar-refractivity contribution in [2.24, 2.45) is 5.92 Å². The molecular weight excluding hydrogens is 132 g/mol. The van der Waals surface area contributed by atoms with E-state index < -0.39 is 0 Å². The van der Waals surface area contributed by atoms with Crippen molar-refractivity contribution in [2.45, 2.75) is 26.2 Å². The Morgan fingerprint density at radius 3 is 3.09 bits per heavy atom. The maximum Gasteiger partial charge on any atom is -0.0196 e. The Balaban J connectivity index is 2.59. The zero-order valence-electron chi connectivity index (χ0n) is 7.22. The van der Waals surface area contributed by atoms with Crippen LogP contribution in [0.3, 0.4) is 0 Å². The van der Waals surface area contributed by atoms with E-state index in [0.717, 1.165) is 0 Å². The largest absolute Gasteiger partial charge is 0.0956 e. The Bertz CT molecular complexity index is 184. The number of rotatable bonds is 0. The van der Waals surface area contributed by atoms with Crippen LogP contribution in [0.2, 0.25) is 0 Å². The molecule has 1 aliphatic rings. The van der Waals surface area contributed by atoms with Crippen molar-refractivity contribution in [1.29, 1.82) is 0 Å². The first-order chi connectivity index (χ1) is 5.30. The first-order valence-corrected chi connectivity index (χ1v) is 4.32. The van der Waals surface area contributed by atoms with E-state index in [1.165, 1.54) is 24.8 Å². The maximum atomic E-state index is 4.02. The lowest BCUT2D eigenvalue weighted by atomic mass is 9.97. The van der Waals surface area contributed by atoms with Gasteiger partial charge in [0, 0.05) is 0 Å². The molecule has 0 aromatic rings. The Morgan fingerprint density at radius 1 is 1.45 bits per heavy atom. The number of hydrogen-bond acceptors (Lipinski definition) is 0. The van der Waals surface area contributed by atoms with Gasteiger partial charge in [-0.05, 0) is 25.2 Å². The molecule has 0 nitrogen and oxygen atoms in total. The summed E-state index contributed by atoms with van der Waals surface area (Å²) < 4.78 is 0. The van der Waals surface area contributed by atoms with Gasteiger partial charge in [-0.25, -0.2) is 0 Å². The van der Waals surface area contributed by atoms with Crippen molar-refractivity contribution in [2.75, 3.05) is 0 Å². The molecule has 11 heavy (non-hydrogen) atoms. The third kappa shape index (κ3) is 2.75. The smallest absolute Gasteiger partial charge is 0.0196 e. The van der Waals surface area contributed by atoms with E-state index >= 15 is 0 Å². The number of allylic oxidation sites excluding steroid dienone is 5. The molecule has 1 rings (SSSR count). The Labute approximate surface area is 69.3 Å². The highest BCUT2D eigenvalue weighted by molar-refractivity contribution is 5.21. The molecule has 60 valence electrons. The van der Waals surface area contributed by atoms with Gasteiger partial charge in [0.1, 0.15) is 0 Å². The van der Waals surface area contributed by atoms with Gasteiger partial charge >= 0.3 is 0 Å². The molecule has 0 aliphatic heterocycles. The molecule has 0 aromatic carbocycles. The molecule has 0 saturated heterocycles. The van der Waals surface area contributed by atoms with Crippen LogP contribution in [0.1, 0.15) is 26.2 Å². The first-order valence-electron chi connectivity index (χ1n) is 4.32. The molecule has 0 heterocycles. The molecule has 1 aliphatic carbocycles. The second-order valence-electron chi connectivity index (χ2n) is 3.19. The normalized spacial score (nSPS) is 31.7. The maximum absolute atomic E-state index is 4.02. The third-order valence-electron chi connectivity index (χ3n) is 2.20. The van der Waals surface area contributed by atoms with Crippen LogP contribution in [0.5, 0.6) is 0 Å². The second kappa shape index (κ2) is 4.17. The van der Waals surface area contributed by atoms with Gasteiger partial charge in [-0.15, -0.1) is 0 Å². The number of hydrogen-bond donors (Lipinski definition) is 0. The minimum absolute atomic E-state index is 0.658. The van der Waals surface area contributed by atoms with Crippen molar-refractivity contribution in [1.82, 2.24) is 0 Å². The van der Waals surface area contributed by atoms with Crippen molar-refractivity contribution in [3.8, 4) is 0 Å². The lowest BCUT2D eigenvalue weighted by Crippen LogP contribution is -1.94. The predicted octanol–water partition coefficient (Wildman–Crippen LogP) is 3.48. The topological polar surface area (TPSA) is 0 Å². The van der Waals surface area contributed by atoms with E-state index in [9.17, 15) is 0 Å². The van der Waals surface area contributed by atoms with E-state index in [4.69, 9.17) is 0 Å². The highest BCUT2D eigenvalue weighted by atomic mass is 14.1. The van der Waals surface area contributed by atoms with E-state index in [2.05, 4.69) is 37.8 Å². The van der Waals surface area contributed by atoms with Gasteiger partial charge in [0.25, 0.3) is 0 Å². The molecule has 0 bridgehead atoms. The predicted molar refractivity (Wildman–Crippen MR) is 50.4 cm³/mol. The van der Waals surface area contributed by atoms with Crippen molar-refractivity contribution >= 4 is 0 Å². The van der Waals surface area contributed by atoms with Crippen molar-refractivity contribution < 1.29 is 0 Å². The standard InChI is InChI=1S/C11H16/c1-10-8-6-4-3-5-7-9-11(10)2/h3-4,6,8,11H,1,5,7,9H2,2H3/b4-3-,8-6-/t11-/m0/s1. The van der Waals surface area contributed by atoms with Crippen LogP contribution in [-0.4, -0.2) is 0 Å². The van der Waals surface area contributed by atoms with Crippen LogP contribution >= 0.6 is 0 Å². The summed E-state index contributed by atoms with van der Waals surface area (Å²) >= 11 is 0. The van der Waals surface area contributed by atoms with Crippen LogP contribution in [0.25, 0.3) is 0 Å². The van der Waals surface area contributed by atoms with E-state index in [1.54, 1.807) is 0 Å². The minimum atomic E-state index is 0.658. The summed E-state index contributed by atoms with van der Waals surface area (Å²) in [4.78, 5) is 0. The third-order valence-corrected chi connectivity index (χ3v) is 2.20. The molecule has 0 fully saturated rings. The molecule has 0 amide bonds. The van der Waals surface area contributed by atoms with Crippen LogP contribution in [0, 0.1) is 5.92 Å². The fraction of sp³-hybridized carbons (Fsp3) is 0.455. The lowest BCUT2D eigenvalue weighted by Gasteiger charge is -2.09. The quantitative estimate of drug-likeness (QED) is 0.493. The lowest BCUT2D eigenvalue weighted by molar-refractivity contribution is 0.596. The van der Waals surface area contributed by atoms with Gasteiger partial charge < -0.3 is 0 Å². The second-order valence-corrected chi connectivity index (χ2v) is 3.19. The van der Waals surface area contributed by atoms with Gasteiger partial charge in [0.15, 0.2) is 0 Å². The summed E-state index contributed by atoms with van der Waals surface area (Å²) in [5, 5.41) is 0. The van der Waals surface area contributed by atoms with Crippen molar-refractivity contribution in [3.63, 3.8) is 0 Å². The van der Waals surface area contributed by atoms with Gasteiger partial charge in [0.2, 0.25) is 0 Å². The average molecular weight is 148 g/mol. The summed E-state index contributed by atoms with van der Waals surface area (Å²) in [5.74, 6) is 0.658. The van der Waals surface area contributed by atoms with Gasteiger partial charge in [0.05, 0.1) is 0 Å². The van der Waals surface area contributed by atoms with Crippen LogP contribution in [-0.2, 0) is 0 Å². The summed E-state index contributed by atoms with van der Waals surface area (Å²) in [6, 6.07) is 0. The molecule has 0 unspecified atom stereocenters. The summed E-state index contributed by atoms with van der Waals surface area (Å²) in [5.41, 5.74) is 1.26. The SMILES string of the molecule is C=C1/C=C\C=C/CCC[C@@H]1C. The zero-order valence-corrected chi connectivity index (χ0v) is 7.22. The first kappa shape index (κ1) is 8.32. The fourth-order valence-electron chi connectivity index (χ4n) is 1.25. The summed E-state index contributed by atoms with van der Waals surface area (Å²) in [7, 11) is 0. The molecule has 0 spiro atoms. The van der Waals surface area contributed by atoms with Gasteiger partial charge in [-0.1, -0.05) is 43.4 Å². The van der Waals surface area contributed by atoms with E-state index in [0.29, 0.717) is 5.92 Å². The monoisotopic (exact) mass is 148 g/mol. The summed E-state index contributed by atoms with van der Waals surface area (Å²) in [6.45, 7) is 6.27. The minimum Gasteiger partial charge on any atom is -0.0956 e. The Hall–Kier alpha value is -0.780. The van der Waals surface area contributed by atoms with Gasteiger partial charge in [-0.3, -0.25) is 0 Å². The Morgan fingerprint density at radius 2 is 2.27 bits per heavy atom. The molecular formula is C11H16.